The summed E-state index contributed by atoms with van der Waals surface area (Å²) >= 11 is 0. The fourth-order valence-electron chi connectivity index (χ4n) is 1.04. The minimum absolute atomic E-state index is 0.889. The fourth-order valence-corrected chi connectivity index (χ4v) is 1.04. The maximum Gasteiger partial charge on any atom is 0.116 e. The smallest absolute Gasteiger partial charge is 0.116 e. The van der Waals surface area contributed by atoms with Gasteiger partial charge in [-0.25, -0.2) is 9.97 Å². The van der Waals surface area contributed by atoms with Crippen LogP contribution in [0.5, 0.6) is 0 Å². The molecule has 0 fully saturated rings. The van der Waals surface area contributed by atoms with E-state index >= 15 is 0 Å². The summed E-state index contributed by atoms with van der Waals surface area (Å²) in [5.41, 5.74) is 2.92. The van der Waals surface area contributed by atoms with Crippen LogP contribution in [0.2, 0.25) is 0 Å². The second-order valence-electron chi connectivity index (χ2n) is 2.46. The minimum Gasteiger partial charge on any atom is -0.241 e. The Balaban J connectivity index is 3.28. The van der Waals surface area contributed by atoms with Crippen LogP contribution in [0.3, 0.4) is 0 Å². The van der Waals surface area contributed by atoms with Crippen LogP contribution in [0.25, 0.3) is 12.2 Å². The van der Waals surface area contributed by atoms with Gasteiger partial charge in [-0.05, 0) is 19.9 Å². The zero-order valence-electron chi connectivity index (χ0n) is 7.41. The van der Waals surface area contributed by atoms with Crippen molar-refractivity contribution in [2.24, 2.45) is 0 Å². The first-order chi connectivity index (χ1) is 5.79. The van der Waals surface area contributed by atoms with Gasteiger partial charge in [0.2, 0.25) is 0 Å². The van der Waals surface area contributed by atoms with E-state index in [1.807, 2.05) is 26.0 Å². The van der Waals surface area contributed by atoms with E-state index in [0.29, 0.717) is 0 Å². The third kappa shape index (κ3) is 1.59. The van der Waals surface area contributed by atoms with E-state index in [1.54, 1.807) is 12.4 Å². The molecule has 0 aliphatic heterocycles. The van der Waals surface area contributed by atoms with E-state index in [9.17, 15) is 0 Å². The van der Waals surface area contributed by atoms with Crippen LogP contribution >= 0.6 is 0 Å². The maximum atomic E-state index is 4.10. The second kappa shape index (κ2) is 3.81. The quantitative estimate of drug-likeness (QED) is 0.664. The highest BCUT2D eigenvalue weighted by Crippen LogP contribution is 2.11. The summed E-state index contributed by atoms with van der Waals surface area (Å²) in [4.78, 5) is 8.19. The highest BCUT2D eigenvalue weighted by molar-refractivity contribution is 5.62. The van der Waals surface area contributed by atoms with Gasteiger partial charge in [0.1, 0.15) is 6.33 Å². The van der Waals surface area contributed by atoms with Crippen molar-refractivity contribution in [2.75, 3.05) is 0 Å². The molecule has 0 radical (unpaired) electrons. The summed E-state index contributed by atoms with van der Waals surface area (Å²) in [5.74, 6) is 0. The monoisotopic (exact) mass is 160 g/mol. The van der Waals surface area contributed by atoms with E-state index in [1.165, 1.54) is 0 Å². The van der Waals surface area contributed by atoms with Crippen LogP contribution in [0, 0.1) is 6.92 Å². The number of allylic oxidation sites excluding steroid dienone is 1. The van der Waals surface area contributed by atoms with Gasteiger partial charge in [-0.1, -0.05) is 18.7 Å². The second-order valence-corrected chi connectivity index (χ2v) is 2.46. The van der Waals surface area contributed by atoms with Gasteiger partial charge in [0.05, 0.1) is 5.69 Å². The lowest BCUT2D eigenvalue weighted by Crippen LogP contribution is -1.93. The zero-order valence-corrected chi connectivity index (χ0v) is 7.41. The molecule has 0 saturated carbocycles. The molecule has 1 aromatic heterocycles. The molecule has 1 heterocycles. The minimum atomic E-state index is 0.889. The van der Waals surface area contributed by atoms with E-state index in [4.69, 9.17) is 0 Å². The van der Waals surface area contributed by atoms with Crippen molar-refractivity contribution < 1.29 is 0 Å². The number of rotatable bonds is 2. The SMILES string of the molecule is C=Cc1ncnc(C)c1/C=C\C. The fraction of sp³-hybridized carbons (Fsp3) is 0.200. The summed E-state index contributed by atoms with van der Waals surface area (Å²) in [5, 5.41) is 0. The lowest BCUT2D eigenvalue weighted by Gasteiger charge is -2.01. The Hall–Kier alpha value is -1.44. The molecule has 1 rings (SSSR count). The van der Waals surface area contributed by atoms with Crippen molar-refractivity contribution in [1.82, 2.24) is 9.97 Å². The van der Waals surface area contributed by atoms with E-state index in [2.05, 4.69) is 16.5 Å². The van der Waals surface area contributed by atoms with Crippen LogP contribution in [-0.4, -0.2) is 9.97 Å². The molecule has 0 aliphatic rings. The Morgan fingerprint density at radius 3 is 2.75 bits per heavy atom. The molecule has 0 saturated heterocycles. The number of hydrogen-bond donors (Lipinski definition) is 0. The van der Waals surface area contributed by atoms with Gasteiger partial charge in [-0.3, -0.25) is 0 Å². The first-order valence-electron chi connectivity index (χ1n) is 3.86. The molecular formula is C10H12N2. The highest BCUT2D eigenvalue weighted by atomic mass is 14.8. The van der Waals surface area contributed by atoms with Gasteiger partial charge in [0.25, 0.3) is 0 Å². The Labute approximate surface area is 72.7 Å². The maximum absolute atomic E-state index is 4.10. The van der Waals surface area contributed by atoms with Crippen LogP contribution in [-0.2, 0) is 0 Å². The normalized spacial score (nSPS) is 10.5. The first kappa shape index (κ1) is 8.65. The zero-order chi connectivity index (χ0) is 8.97. The Kier molecular flexibility index (Phi) is 2.75. The van der Waals surface area contributed by atoms with Crippen molar-refractivity contribution in [2.45, 2.75) is 13.8 Å². The number of hydrogen-bond acceptors (Lipinski definition) is 2. The topological polar surface area (TPSA) is 25.8 Å². The van der Waals surface area contributed by atoms with E-state index in [-0.39, 0.29) is 0 Å². The summed E-state index contributed by atoms with van der Waals surface area (Å²) in [7, 11) is 0. The molecule has 2 nitrogen and oxygen atoms in total. The Morgan fingerprint density at radius 2 is 2.17 bits per heavy atom. The van der Waals surface area contributed by atoms with Crippen molar-refractivity contribution in [3.8, 4) is 0 Å². The number of aromatic nitrogens is 2. The molecule has 0 bridgehead atoms. The Morgan fingerprint density at radius 1 is 1.42 bits per heavy atom. The van der Waals surface area contributed by atoms with Gasteiger partial charge in [0.15, 0.2) is 0 Å². The predicted molar refractivity (Wildman–Crippen MR) is 51.6 cm³/mol. The van der Waals surface area contributed by atoms with Crippen molar-refractivity contribution in [3.63, 3.8) is 0 Å². The van der Waals surface area contributed by atoms with Gasteiger partial charge in [-0.2, -0.15) is 0 Å². The average Bonchev–Trinajstić information content (AvgIpc) is 2.09. The molecule has 2 heteroatoms. The third-order valence-electron chi connectivity index (χ3n) is 1.64. The Bertz CT molecular complexity index is 314. The number of nitrogens with zero attached hydrogens (tertiary/aromatic N) is 2. The molecule has 0 atom stereocenters. The molecule has 0 aromatic carbocycles. The largest absolute Gasteiger partial charge is 0.241 e. The molecule has 12 heavy (non-hydrogen) atoms. The lowest BCUT2D eigenvalue weighted by atomic mass is 10.1. The molecule has 0 unspecified atom stereocenters. The molecule has 0 amide bonds. The van der Waals surface area contributed by atoms with Gasteiger partial charge < -0.3 is 0 Å². The average molecular weight is 160 g/mol. The molecule has 1 aromatic rings. The van der Waals surface area contributed by atoms with Gasteiger partial charge in [-0.15, -0.1) is 0 Å². The van der Waals surface area contributed by atoms with Crippen molar-refractivity contribution >= 4 is 12.2 Å². The van der Waals surface area contributed by atoms with E-state index in [0.717, 1.165) is 17.0 Å². The first-order valence-corrected chi connectivity index (χ1v) is 3.86. The molecular weight excluding hydrogens is 148 g/mol. The van der Waals surface area contributed by atoms with Crippen LogP contribution < -0.4 is 0 Å². The summed E-state index contributed by atoms with van der Waals surface area (Å²) < 4.78 is 0. The summed E-state index contributed by atoms with van der Waals surface area (Å²) in [6, 6.07) is 0. The lowest BCUT2D eigenvalue weighted by molar-refractivity contribution is 1.08. The van der Waals surface area contributed by atoms with Crippen LogP contribution in [0.1, 0.15) is 23.9 Å². The highest BCUT2D eigenvalue weighted by Gasteiger charge is 2.00. The molecule has 0 spiro atoms. The summed E-state index contributed by atoms with van der Waals surface area (Å²) in [6.45, 7) is 7.62. The van der Waals surface area contributed by atoms with E-state index < -0.39 is 0 Å². The predicted octanol–water partition coefficient (Wildman–Crippen LogP) is 2.46. The van der Waals surface area contributed by atoms with Gasteiger partial charge in [0, 0.05) is 11.3 Å². The van der Waals surface area contributed by atoms with Crippen LogP contribution in [0.4, 0.5) is 0 Å². The van der Waals surface area contributed by atoms with Gasteiger partial charge >= 0.3 is 0 Å². The standard InChI is InChI=1S/C10H12N2/c1-4-6-9-8(3)11-7-12-10(9)5-2/h4-7H,2H2,1,3H3/b6-4-. The molecule has 62 valence electrons. The number of aryl methyl sites for hydroxylation is 1. The van der Waals surface area contributed by atoms with Crippen LogP contribution in [0.15, 0.2) is 19.0 Å². The third-order valence-corrected chi connectivity index (χ3v) is 1.64. The summed E-state index contributed by atoms with van der Waals surface area (Å²) in [6.07, 6.45) is 7.26. The molecule has 0 aliphatic carbocycles. The van der Waals surface area contributed by atoms with Crippen molar-refractivity contribution in [3.05, 3.63) is 35.9 Å². The molecule has 0 N–H and O–H groups in total. The van der Waals surface area contributed by atoms with Crippen molar-refractivity contribution in [1.29, 1.82) is 0 Å².